The summed E-state index contributed by atoms with van der Waals surface area (Å²) in [6.45, 7) is 1.97. The van der Waals surface area contributed by atoms with E-state index < -0.39 is 0 Å². The maximum absolute atomic E-state index is 12.6. The third kappa shape index (κ3) is 4.30. The van der Waals surface area contributed by atoms with Gasteiger partial charge in [-0.3, -0.25) is 0 Å². The molecule has 1 N–H and O–H groups in total. The topological polar surface area (TPSA) is 87.0 Å². The van der Waals surface area contributed by atoms with Crippen molar-refractivity contribution in [2.45, 2.75) is 19.4 Å². The molecule has 2 amide bonds. The standard InChI is InChI=1S/C27H26N4O3/c1-17-12-22-14-24(33-3)25(34-4)15-23(22)26(30-31(17)27(32)29-2)20-10-8-19(9-11-20)21-7-5-6-18(13-21)16-28/h5-11,13-15,17H,12H2,1-4H3,(H,29,32). The summed E-state index contributed by atoms with van der Waals surface area (Å²) >= 11 is 0. The maximum Gasteiger partial charge on any atom is 0.337 e. The highest BCUT2D eigenvalue weighted by atomic mass is 16.5. The van der Waals surface area contributed by atoms with Gasteiger partial charge in [0.2, 0.25) is 0 Å². The second-order valence-corrected chi connectivity index (χ2v) is 8.04. The van der Waals surface area contributed by atoms with E-state index in [1.54, 1.807) is 27.3 Å². The van der Waals surface area contributed by atoms with Crippen LogP contribution in [-0.2, 0) is 6.42 Å². The van der Waals surface area contributed by atoms with Crippen molar-refractivity contribution >= 4 is 11.7 Å². The van der Waals surface area contributed by atoms with Gasteiger partial charge in [0.25, 0.3) is 0 Å². The van der Waals surface area contributed by atoms with Crippen molar-refractivity contribution in [3.05, 3.63) is 82.9 Å². The number of fused-ring (bicyclic) bond motifs is 1. The first-order valence-electron chi connectivity index (χ1n) is 10.9. The Morgan fingerprint density at radius 1 is 1.03 bits per heavy atom. The number of hydrogen-bond donors (Lipinski definition) is 1. The van der Waals surface area contributed by atoms with Gasteiger partial charge in [-0.25, -0.2) is 9.80 Å². The molecule has 4 rings (SSSR count). The minimum absolute atomic E-state index is 0.165. The Balaban J connectivity index is 1.85. The number of hydrogen-bond acceptors (Lipinski definition) is 5. The predicted molar refractivity (Wildman–Crippen MR) is 131 cm³/mol. The smallest absolute Gasteiger partial charge is 0.337 e. The van der Waals surface area contributed by atoms with Crippen LogP contribution in [0.2, 0.25) is 0 Å². The Morgan fingerprint density at radius 2 is 1.71 bits per heavy atom. The number of carbonyl (C=O) groups is 1. The number of rotatable bonds is 4. The summed E-state index contributed by atoms with van der Waals surface area (Å²) < 4.78 is 11.1. The minimum Gasteiger partial charge on any atom is -0.493 e. The molecule has 0 fully saturated rings. The third-order valence-electron chi connectivity index (χ3n) is 5.91. The van der Waals surface area contributed by atoms with Crippen LogP contribution in [0.4, 0.5) is 4.79 Å². The fourth-order valence-corrected chi connectivity index (χ4v) is 4.14. The van der Waals surface area contributed by atoms with E-state index >= 15 is 0 Å². The van der Waals surface area contributed by atoms with Gasteiger partial charge >= 0.3 is 6.03 Å². The van der Waals surface area contributed by atoms with Gasteiger partial charge in [0.05, 0.1) is 37.6 Å². The number of urea groups is 1. The van der Waals surface area contributed by atoms with Gasteiger partial charge in [0.1, 0.15) is 0 Å². The quantitative estimate of drug-likeness (QED) is 0.625. The molecule has 7 heteroatoms. The minimum atomic E-state index is -0.276. The van der Waals surface area contributed by atoms with Gasteiger partial charge in [-0.15, -0.1) is 0 Å². The number of nitrogens with one attached hydrogen (secondary N) is 1. The zero-order chi connectivity index (χ0) is 24.2. The van der Waals surface area contributed by atoms with E-state index in [1.807, 2.05) is 61.5 Å². The fraction of sp³-hybridized carbons (Fsp3) is 0.222. The Morgan fingerprint density at radius 3 is 2.35 bits per heavy atom. The average Bonchev–Trinajstić information content (AvgIpc) is 3.02. The van der Waals surface area contributed by atoms with Crippen LogP contribution in [0.15, 0.2) is 65.8 Å². The molecule has 1 unspecified atom stereocenters. The van der Waals surface area contributed by atoms with Gasteiger partial charge < -0.3 is 14.8 Å². The van der Waals surface area contributed by atoms with Crippen LogP contribution in [0, 0.1) is 11.3 Å². The van der Waals surface area contributed by atoms with Gasteiger partial charge in [-0.05, 0) is 54.3 Å². The molecule has 1 heterocycles. The van der Waals surface area contributed by atoms with Crippen molar-refractivity contribution in [1.82, 2.24) is 10.3 Å². The molecule has 7 nitrogen and oxygen atoms in total. The van der Waals surface area contributed by atoms with Crippen LogP contribution in [0.1, 0.15) is 29.2 Å². The summed E-state index contributed by atoms with van der Waals surface area (Å²) in [6.07, 6.45) is 0.606. The molecule has 34 heavy (non-hydrogen) atoms. The molecule has 3 aromatic carbocycles. The number of methoxy groups -OCH3 is 2. The number of benzene rings is 3. The number of nitrogens with zero attached hydrogens (tertiary/aromatic N) is 3. The van der Waals surface area contributed by atoms with Crippen LogP contribution >= 0.6 is 0 Å². The number of ether oxygens (including phenoxy) is 2. The van der Waals surface area contributed by atoms with E-state index in [0.717, 1.165) is 27.8 Å². The lowest BCUT2D eigenvalue weighted by atomic mass is 9.93. The summed E-state index contributed by atoms with van der Waals surface area (Å²) in [5.41, 5.74) is 5.98. The molecular formula is C27H26N4O3. The van der Waals surface area contributed by atoms with Crippen LogP contribution in [0.25, 0.3) is 11.1 Å². The van der Waals surface area contributed by atoms with Crippen LogP contribution in [-0.4, -0.2) is 44.1 Å². The van der Waals surface area contributed by atoms with Crippen molar-refractivity contribution in [1.29, 1.82) is 5.26 Å². The van der Waals surface area contributed by atoms with Crippen LogP contribution < -0.4 is 14.8 Å². The molecule has 172 valence electrons. The monoisotopic (exact) mass is 454 g/mol. The molecule has 1 aliphatic heterocycles. The van der Waals surface area contributed by atoms with Crippen molar-refractivity contribution in [2.75, 3.05) is 21.3 Å². The summed E-state index contributed by atoms with van der Waals surface area (Å²) in [4.78, 5) is 12.6. The first-order chi connectivity index (χ1) is 16.5. The lowest BCUT2D eigenvalue weighted by molar-refractivity contribution is 0.184. The Labute approximate surface area is 199 Å². The molecule has 1 aliphatic rings. The van der Waals surface area contributed by atoms with Gasteiger partial charge in [-0.2, -0.15) is 10.4 Å². The average molecular weight is 455 g/mol. The molecular weight excluding hydrogens is 428 g/mol. The first-order valence-corrected chi connectivity index (χ1v) is 10.9. The van der Waals surface area contributed by atoms with Crippen molar-refractivity contribution in [3.8, 4) is 28.7 Å². The molecule has 0 spiro atoms. The fourth-order valence-electron chi connectivity index (χ4n) is 4.14. The number of carbonyl (C=O) groups excluding carboxylic acids is 1. The molecule has 0 bridgehead atoms. The van der Waals surface area contributed by atoms with Crippen molar-refractivity contribution in [2.24, 2.45) is 5.10 Å². The Kier molecular flexibility index (Phi) is 6.51. The molecule has 0 saturated heterocycles. The summed E-state index contributed by atoms with van der Waals surface area (Å²) in [5.74, 6) is 1.23. The second kappa shape index (κ2) is 9.67. The van der Waals surface area contributed by atoms with Gasteiger partial charge in [-0.1, -0.05) is 36.4 Å². The van der Waals surface area contributed by atoms with E-state index in [2.05, 4.69) is 11.4 Å². The number of hydrazone groups is 1. The zero-order valence-corrected chi connectivity index (χ0v) is 19.6. The zero-order valence-electron chi connectivity index (χ0n) is 19.6. The SMILES string of the molecule is CNC(=O)N1N=C(c2ccc(-c3cccc(C#N)c3)cc2)c2cc(OC)c(OC)cc2CC1C. The van der Waals surface area contributed by atoms with E-state index in [1.165, 1.54) is 5.01 Å². The molecule has 0 saturated carbocycles. The summed E-state index contributed by atoms with van der Waals surface area (Å²) in [5, 5.41) is 18.2. The summed E-state index contributed by atoms with van der Waals surface area (Å²) in [6, 6.07) is 21.0. The van der Waals surface area contributed by atoms with Gasteiger partial charge in [0.15, 0.2) is 11.5 Å². The lowest BCUT2D eigenvalue weighted by Crippen LogP contribution is -2.41. The Hall–Kier alpha value is -4.31. The van der Waals surface area contributed by atoms with Crippen LogP contribution in [0.5, 0.6) is 11.5 Å². The molecule has 0 radical (unpaired) electrons. The number of amides is 2. The maximum atomic E-state index is 12.6. The predicted octanol–water partition coefficient (Wildman–Crippen LogP) is 4.58. The number of nitriles is 1. The lowest BCUT2D eigenvalue weighted by Gasteiger charge is -2.22. The van der Waals surface area contributed by atoms with E-state index in [0.29, 0.717) is 29.2 Å². The van der Waals surface area contributed by atoms with Crippen molar-refractivity contribution in [3.63, 3.8) is 0 Å². The largest absolute Gasteiger partial charge is 0.493 e. The molecule has 3 aromatic rings. The van der Waals surface area contributed by atoms with E-state index in [4.69, 9.17) is 14.6 Å². The van der Waals surface area contributed by atoms with Crippen molar-refractivity contribution < 1.29 is 14.3 Å². The summed E-state index contributed by atoms with van der Waals surface area (Å²) in [7, 11) is 4.80. The normalized spacial score (nSPS) is 14.9. The highest BCUT2D eigenvalue weighted by Crippen LogP contribution is 2.35. The van der Waals surface area contributed by atoms with E-state index in [-0.39, 0.29) is 12.1 Å². The molecule has 0 aromatic heterocycles. The highest BCUT2D eigenvalue weighted by Gasteiger charge is 2.28. The highest BCUT2D eigenvalue weighted by molar-refractivity contribution is 6.14. The van der Waals surface area contributed by atoms with Gasteiger partial charge in [0, 0.05) is 18.2 Å². The molecule has 1 atom stereocenters. The van der Waals surface area contributed by atoms with Crippen LogP contribution in [0.3, 0.4) is 0 Å². The first kappa shape index (κ1) is 22.9. The third-order valence-corrected chi connectivity index (χ3v) is 5.91. The Bertz CT molecular complexity index is 1290. The second-order valence-electron chi connectivity index (χ2n) is 8.04. The molecule has 0 aliphatic carbocycles. The van der Waals surface area contributed by atoms with E-state index in [9.17, 15) is 10.1 Å².